The minimum atomic E-state index is -3.72. The van der Waals surface area contributed by atoms with Gasteiger partial charge in [0.05, 0.1) is 26.3 Å². The van der Waals surface area contributed by atoms with Gasteiger partial charge in [0.2, 0.25) is 0 Å². The maximum atomic E-state index is 12.9. The number of anilines is 3. The number of amides is 1. The zero-order valence-electron chi connectivity index (χ0n) is 16.3. The second kappa shape index (κ2) is 7.33. The van der Waals surface area contributed by atoms with Crippen molar-refractivity contribution in [3.8, 4) is 0 Å². The first-order valence-corrected chi connectivity index (χ1v) is 11.7. The summed E-state index contributed by atoms with van der Waals surface area (Å²) in [6.45, 7) is 0. The third-order valence-electron chi connectivity index (χ3n) is 5.20. The Morgan fingerprint density at radius 1 is 1.06 bits per heavy atom. The molecular formula is C21H17N5O3S2. The SMILES string of the molecule is CN(c1ccncc1)S(=O)(=O)c1ccc(NC2C(=O)Nc3ccc4ncsc4c32)cc1. The van der Waals surface area contributed by atoms with E-state index in [9.17, 15) is 13.2 Å². The van der Waals surface area contributed by atoms with Gasteiger partial charge in [0.25, 0.3) is 15.9 Å². The van der Waals surface area contributed by atoms with E-state index < -0.39 is 16.1 Å². The fourth-order valence-electron chi connectivity index (χ4n) is 3.56. The average molecular weight is 452 g/mol. The summed E-state index contributed by atoms with van der Waals surface area (Å²) >= 11 is 1.48. The van der Waals surface area contributed by atoms with Crippen molar-refractivity contribution in [1.29, 1.82) is 0 Å². The minimum absolute atomic E-state index is 0.151. The molecule has 1 atom stereocenters. The highest BCUT2D eigenvalue weighted by Gasteiger charge is 2.33. The van der Waals surface area contributed by atoms with Crippen LogP contribution in [0.4, 0.5) is 17.1 Å². The number of pyridine rings is 1. The maximum Gasteiger partial charge on any atom is 0.264 e. The van der Waals surface area contributed by atoms with E-state index in [0.29, 0.717) is 11.4 Å². The van der Waals surface area contributed by atoms with E-state index in [1.54, 1.807) is 42.2 Å². The van der Waals surface area contributed by atoms with Crippen LogP contribution >= 0.6 is 11.3 Å². The molecule has 156 valence electrons. The van der Waals surface area contributed by atoms with Gasteiger partial charge in [0, 0.05) is 36.4 Å². The number of aromatic nitrogens is 2. The quantitative estimate of drug-likeness (QED) is 0.480. The van der Waals surface area contributed by atoms with Crippen LogP contribution in [0.15, 0.2) is 71.3 Å². The monoisotopic (exact) mass is 451 g/mol. The second-order valence-electron chi connectivity index (χ2n) is 7.00. The molecule has 8 nitrogen and oxygen atoms in total. The number of carbonyl (C=O) groups excluding carboxylic acids is 1. The first kappa shape index (κ1) is 19.5. The first-order valence-electron chi connectivity index (χ1n) is 9.38. The lowest BCUT2D eigenvalue weighted by atomic mass is 10.1. The highest BCUT2D eigenvalue weighted by atomic mass is 32.2. The Balaban J connectivity index is 1.42. The summed E-state index contributed by atoms with van der Waals surface area (Å²) in [5.74, 6) is -0.162. The van der Waals surface area contributed by atoms with Crippen LogP contribution in [-0.2, 0) is 14.8 Å². The van der Waals surface area contributed by atoms with Gasteiger partial charge in [-0.25, -0.2) is 13.4 Å². The lowest BCUT2D eigenvalue weighted by Gasteiger charge is -2.20. The third-order valence-corrected chi connectivity index (χ3v) is 7.87. The number of hydrogen-bond donors (Lipinski definition) is 2. The Bertz CT molecular complexity index is 1390. The van der Waals surface area contributed by atoms with Gasteiger partial charge >= 0.3 is 0 Å². The molecule has 0 saturated heterocycles. The van der Waals surface area contributed by atoms with E-state index in [0.717, 1.165) is 21.5 Å². The zero-order chi connectivity index (χ0) is 21.6. The predicted octanol–water partition coefficient (Wildman–Crippen LogP) is 3.62. The van der Waals surface area contributed by atoms with E-state index in [-0.39, 0.29) is 10.8 Å². The van der Waals surface area contributed by atoms with Crippen LogP contribution in [0.2, 0.25) is 0 Å². The second-order valence-corrected chi connectivity index (χ2v) is 9.82. The van der Waals surface area contributed by atoms with Gasteiger partial charge in [-0.3, -0.25) is 14.1 Å². The summed E-state index contributed by atoms with van der Waals surface area (Å²) in [6, 6.07) is 12.8. The number of nitrogens with zero attached hydrogens (tertiary/aromatic N) is 3. The van der Waals surface area contributed by atoms with Crippen molar-refractivity contribution >= 4 is 54.5 Å². The zero-order valence-corrected chi connectivity index (χ0v) is 17.9. The summed E-state index contributed by atoms with van der Waals surface area (Å²) in [5.41, 5.74) is 5.37. The Hall–Kier alpha value is -3.50. The summed E-state index contributed by atoms with van der Waals surface area (Å²) in [6.07, 6.45) is 3.08. The number of sulfonamides is 1. The van der Waals surface area contributed by atoms with Crippen LogP contribution in [0.3, 0.4) is 0 Å². The Kier molecular flexibility index (Phi) is 4.60. The van der Waals surface area contributed by atoms with E-state index in [1.807, 2.05) is 12.1 Å². The van der Waals surface area contributed by atoms with Gasteiger partial charge in [0.1, 0.15) is 6.04 Å². The molecule has 2 aromatic carbocycles. The Labute approximate surface area is 182 Å². The minimum Gasteiger partial charge on any atom is -0.370 e. The van der Waals surface area contributed by atoms with Gasteiger partial charge in [-0.1, -0.05) is 0 Å². The van der Waals surface area contributed by atoms with Crippen molar-refractivity contribution in [1.82, 2.24) is 9.97 Å². The smallest absolute Gasteiger partial charge is 0.264 e. The van der Waals surface area contributed by atoms with Crippen LogP contribution in [0, 0.1) is 0 Å². The molecule has 10 heteroatoms. The number of fused-ring (bicyclic) bond motifs is 3. The third kappa shape index (κ3) is 3.29. The molecule has 0 saturated carbocycles. The number of thiazole rings is 1. The van der Waals surface area contributed by atoms with Gasteiger partial charge < -0.3 is 10.6 Å². The van der Waals surface area contributed by atoms with E-state index in [4.69, 9.17) is 0 Å². The summed E-state index contributed by atoms with van der Waals surface area (Å²) < 4.78 is 28.0. The van der Waals surface area contributed by atoms with E-state index >= 15 is 0 Å². The first-order chi connectivity index (χ1) is 14.9. The lowest BCUT2D eigenvalue weighted by Crippen LogP contribution is -2.26. The van der Waals surface area contributed by atoms with Crippen LogP contribution < -0.4 is 14.9 Å². The highest BCUT2D eigenvalue weighted by molar-refractivity contribution is 7.92. The molecule has 0 aliphatic carbocycles. The fraction of sp³-hybridized carbons (Fsp3) is 0.0952. The molecular weight excluding hydrogens is 434 g/mol. The Morgan fingerprint density at radius 2 is 1.81 bits per heavy atom. The summed E-state index contributed by atoms with van der Waals surface area (Å²) in [4.78, 5) is 21.0. The molecule has 4 aromatic rings. The molecule has 1 aliphatic rings. The Morgan fingerprint density at radius 3 is 2.55 bits per heavy atom. The average Bonchev–Trinajstić information content (AvgIpc) is 3.38. The van der Waals surface area contributed by atoms with Crippen LogP contribution in [0.25, 0.3) is 10.2 Å². The van der Waals surface area contributed by atoms with Crippen LogP contribution in [0.1, 0.15) is 11.6 Å². The molecule has 5 rings (SSSR count). The fourth-order valence-corrected chi connectivity index (χ4v) is 5.62. The number of nitrogens with one attached hydrogen (secondary N) is 2. The molecule has 0 fully saturated rings. The molecule has 1 unspecified atom stereocenters. The topological polar surface area (TPSA) is 104 Å². The maximum absolute atomic E-state index is 12.9. The predicted molar refractivity (Wildman–Crippen MR) is 121 cm³/mol. The molecule has 1 aliphatic heterocycles. The molecule has 2 N–H and O–H groups in total. The summed E-state index contributed by atoms with van der Waals surface area (Å²) in [7, 11) is -2.23. The number of benzene rings is 2. The number of hydrogen-bond acceptors (Lipinski definition) is 7. The van der Waals surface area contributed by atoms with Gasteiger partial charge in [0.15, 0.2) is 0 Å². The molecule has 0 radical (unpaired) electrons. The van der Waals surface area contributed by atoms with Crippen LogP contribution in [-0.4, -0.2) is 31.3 Å². The number of carbonyl (C=O) groups is 1. The highest BCUT2D eigenvalue weighted by Crippen LogP contribution is 2.40. The van der Waals surface area contributed by atoms with Crippen molar-refractivity contribution in [2.45, 2.75) is 10.9 Å². The molecule has 1 amide bonds. The lowest BCUT2D eigenvalue weighted by molar-refractivity contribution is -0.116. The van der Waals surface area contributed by atoms with Gasteiger partial charge in [-0.05, 0) is 48.5 Å². The van der Waals surface area contributed by atoms with Gasteiger partial charge in [-0.15, -0.1) is 11.3 Å². The van der Waals surface area contributed by atoms with Crippen molar-refractivity contribution < 1.29 is 13.2 Å². The normalized spacial score (nSPS) is 15.5. The molecule has 31 heavy (non-hydrogen) atoms. The van der Waals surface area contributed by atoms with Gasteiger partial charge in [-0.2, -0.15) is 0 Å². The van der Waals surface area contributed by atoms with Crippen LogP contribution in [0.5, 0.6) is 0 Å². The largest absolute Gasteiger partial charge is 0.370 e. The van der Waals surface area contributed by atoms with E-state index in [2.05, 4.69) is 20.6 Å². The van der Waals surface area contributed by atoms with Crippen molar-refractivity contribution in [3.05, 3.63) is 72.0 Å². The van der Waals surface area contributed by atoms with Crippen molar-refractivity contribution in [3.63, 3.8) is 0 Å². The number of rotatable bonds is 5. The van der Waals surface area contributed by atoms with E-state index in [1.165, 1.54) is 34.8 Å². The summed E-state index contributed by atoms with van der Waals surface area (Å²) in [5, 5.41) is 6.11. The molecule has 3 heterocycles. The van der Waals surface area contributed by atoms with Crippen molar-refractivity contribution in [2.75, 3.05) is 22.0 Å². The van der Waals surface area contributed by atoms with Crippen molar-refractivity contribution in [2.24, 2.45) is 0 Å². The molecule has 0 spiro atoms. The molecule has 2 aromatic heterocycles. The molecule has 0 bridgehead atoms. The standard InChI is InChI=1S/C21H17N5O3S2/c1-26(14-8-10-22-11-9-14)31(28,29)15-4-2-13(3-5-15)24-19-18-16(25-21(19)27)6-7-17-20(18)30-12-23-17/h2-12,19,24H,1H3,(H,25,27).